The highest BCUT2D eigenvalue weighted by molar-refractivity contribution is 5.89. The van der Waals surface area contributed by atoms with Gasteiger partial charge in [-0.3, -0.25) is 29.2 Å². The number of carbonyl (C=O) groups excluding carboxylic acids is 4. The van der Waals surface area contributed by atoms with Crippen LogP contribution in [0.5, 0.6) is 23.0 Å². The van der Waals surface area contributed by atoms with E-state index in [1.54, 1.807) is 9.80 Å². The van der Waals surface area contributed by atoms with Gasteiger partial charge in [0.1, 0.15) is 46.3 Å². The topological polar surface area (TPSA) is 142 Å². The van der Waals surface area contributed by atoms with E-state index >= 15 is 0 Å². The van der Waals surface area contributed by atoms with Crippen LogP contribution in [0.25, 0.3) is 0 Å². The predicted octanol–water partition coefficient (Wildman–Crippen LogP) is 11.1. The average molecular weight is 991 g/mol. The molecule has 0 aliphatic carbocycles. The summed E-state index contributed by atoms with van der Waals surface area (Å²) in [6.07, 6.45) is 0.255. The molecule has 6 rings (SSSR count). The molecule has 0 bridgehead atoms. The van der Waals surface area contributed by atoms with Crippen molar-refractivity contribution >= 4 is 24.0 Å². The summed E-state index contributed by atoms with van der Waals surface area (Å²) in [4.78, 5) is 61.0. The lowest BCUT2D eigenvalue weighted by Gasteiger charge is -2.37. The van der Waals surface area contributed by atoms with Crippen molar-refractivity contribution in [3.8, 4) is 23.0 Å². The van der Waals surface area contributed by atoms with Crippen LogP contribution in [0, 0.1) is 0 Å². The van der Waals surface area contributed by atoms with Crippen LogP contribution < -0.4 is 20.1 Å². The molecule has 392 valence electrons. The van der Waals surface area contributed by atoms with Gasteiger partial charge in [-0.1, -0.05) is 48.5 Å². The third kappa shape index (κ3) is 16.5. The lowest BCUT2D eigenvalue weighted by Crippen LogP contribution is -2.50. The maximum absolute atomic E-state index is 13.5. The number of para-hydroxylation sites is 2. The Kier molecular flexibility index (Phi) is 20.1. The molecule has 2 atom stereocenters. The number of rotatable bonds is 16. The Hall–Kier alpha value is -6.12. The van der Waals surface area contributed by atoms with Crippen LogP contribution in [0.15, 0.2) is 97.1 Å². The fourth-order valence-electron chi connectivity index (χ4n) is 9.22. The van der Waals surface area contributed by atoms with Gasteiger partial charge in [-0.05, 0) is 181 Å². The standard InChI is InChI=1S/2C29H41N3O4/c2*1-20(2)31(21(3)4)18-16-30-27(33)26-25-14-13-24(35-23-11-9-8-10-12-23)19-22(25)15-17-32(26)28(34)36-29(5,6)7/h2*8-14,19-21,26H,15-18H2,1-7H3,(H,30,33)/t2*26-/m10/s1. The molecule has 0 spiro atoms. The summed E-state index contributed by atoms with van der Waals surface area (Å²) < 4.78 is 23.3. The zero-order valence-corrected chi connectivity index (χ0v) is 45.4. The fraction of sp³-hybridized carbons (Fsp3) is 0.517. The van der Waals surface area contributed by atoms with Crippen molar-refractivity contribution in [3.05, 3.63) is 119 Å². The first-order valence-electron chi connectivity index (χ1n) is 25.7. The number of ether oxygens (including phenoxy) is 4. The molecular formula is C58H82N6O8. The molecule has 4 amide bonds. The first-order valence-corrected chi connectivity index (χ1v) is 25.7. The number of hydrogen-bond donors (Lipinski definition) is 2. The van der Waals surface area contributed by atoms with Gasteiger partial charge in [-0.2, -0.15) is 0 Å². The SMILES string of the molecule is CC(C)N(CCNC(=O)[C@@H]1c2ccc(Oc3ccccc3)cc2CCN1C(=O)OC(C)(C)C)C(C)C.CC(C)N(CCNC(=O)[C@H]1c2ccc(Oc3ccccc3)cc2CCN1C(=O)OC(C)(C)C)C(C)C. The van der Waals surface area contributed by atoms with Crippen molar-refractivity contribution in [1.29, 1.82) is 0 Å². The summed E-state index contributed by atoms with van der Waals surface area (Å²) in [6, 6.07) is 30.6. The second kappa shape index (κ2) is 25.5. The minimum Gasteiger partial charge on any atom is -0.457 e. The molecule has 2 heterocycles. The zero-order chi connectivity index (χ0) is 52.9. The summed E-state index contributed by atoms with van der Waals surface area (Å²) in [6.45, 7) is 31.4. The smallest absolute Gasteiger partial charge is 0.411 e. The molecular weight excluding hydrogens is 909 g/mol. The summed E-state index contributed by atoms with van der Waals surface area (Å²) in [7, 11) is 0. The molecule has 4 aromatic rings. The van der Waals surface area contributed by atoms with Crippen molar-refractivity contribution in [2.24, 2.45) is 0 Å². The van der Waals surface area contributed by atoms with Crippen molar-refractivity contribution in [1.82, 2.24) is 30.2 Å². The van der Waals surface area contributed by atoms with Crippen LogP contribution in [-0.4, -0.2) is 118 Å². The highest BCUT2D eigenvalue weighted by Crippen LogP contribution is 2.37. The molecule has 0 aromatic heterocycles. The quantitative estimate of drug-likeness (QED) is 0.111. The third-order valence-corrected chi connectivity index (χ3v) is 12.4. The Bertz CT molecular complexity index is 2210. The molecule has 2 aliphatic heterocycles. The molecule has 0 radical (unpaired) electrons. The van der Waals surface area contributed by atoms with Gasteiger partial charge in [0.25, 0.3) is 0 Å². The van der Waals surface area contributed by atoms with E-state index in [-0.39, 0.29) is 11.8 Å². The van der Waals surface area contributed by atoms with Crippen LogP contribution >= 0.6 is 0 Å². The summed E-state index contributed by atoms with van der Waals surface area (Å²) in [5, 5.41) is 6.15. The Morgan fingerprint density at radius 1 is 0.514 bits per heavy atom. The first kappa shape index (κ1) is 56.8. The third-order valence-electron chi connectivity index (χ3n) is 12.4. The molecule has 14 heteroatoms. The predicted molar refractivity (Wildman–Crippen MR) is 285 cm³/mol. The number of carbonyl (C=O) groups is 4. The van der Waals surface area contributed by atoms with E-state index in [1.165, 1.54) is 0 Å². The fourth-order valence-corrected chi connectivity index (χ4v) is 9.22. The first-order chi connectivity index (χ1) is 33.9. The van der Waals surface area contributed by atoms with E-state index in [0.717, 1.165) is 46.8 Å². The molecule has 4 aromatic carbocycles. The van der Waals surface area contributed by atoms with Gasteiger partial charge in [-0.25, -0.2) is 9.59 Å². The number of nitrogens with one attached hydrogen (secondary N) is 2. The average Bonchev–Trinajstić information content (AvgIpc) is 3.30. The number of fused-ring (bicyclic) bond motifs is 2. The van der Waals surface area contributed by atoms with Gasteiger partial charge in [-0.15, -0.1) is 0 Å². The minimum atomic E-state index is -0.763. The van der Waals surface area contributed by atoms with Gasteiger partial charge in [0.2, 0.25) is 11.8 Å². The van der Waals surface area contributed by atoms with E-state index in [4.69, 9.17) is 18.9 Å². The van der Waals surface area contributed by atoms with Crippen molar-refractivity contribution in [2.75, 3.05) is 39.3 Å². The van der Waals surface area contributed by atoms with Crippen molar-refractivity contribution in [3.63, 3.8) is 0 Å². The Morgan fingerprint density at radius 2 is 0.847 bits per heavy atom. The second-order valence-corrected chi connectivity index (χ2v) is 21.6. The summed E-state index contributed by atoms with van der Waals surface area (Å²) in [5.41, 5.74) is 2.29. The highest BCUT2D eigenvalue weighted by Gasteiger charge is 2.40. The van der Waals surface area contributed by atoms with Crippen LogP contribution in [0.1, 0.15) is 131 Å². The molecule has 0 fully saturated rings. The normalized spacial score (nSPS) is 15.7. The van der Waals surface area contributed by atoms with E-state index in [1.807, 2.05) is 139 Å². The van der Waals surface area contributed by atoms with Gasteiger partial charge >= 0.3 is 12.2 Å². The van der Waals surface area contributed by atoms with Crippen LogP contribution in [0.2, 0.25) is 0 Å². The lowest BCUT2D eigenvalue weighted by molar-refractivity contribution is -0.127. The van der Waals surface area contributed by atoms with E-state index < -0.39 is 35.5 Å². The van der Waals surface area contributed by atoms with Crippen molar-refractivity contribution < 1.29 is 38.1 Å². The van der Waals surface area contributed by atoms with Crippen molar-refractivity contribution in [2.45, 2.75) is 157 Å². The number of nitrogens with zero attached hydrogens (tertiary/aromatic N) is 4. The molecule has 2 N–H and O–H groups in total. The summed E-state index contributed by atoms with van der Waals surface area (Å²) >= 11 is 0. The zero-order valence-electron chi connectivity index (χ0n) is 45.4. The number of hydrogen-bond acceptors (Lipinski definition) is 10. The Morgan fingerprint density at radius 3 is 1.15 bits per heavy atom. The largest absolute Gasteiger partial charge is 0.457 e. The van der Waals surface area contributed by atoms with E-state index in [9.17, 15) is 19.2 Å². The maximum Gasteiger partial charge on any atom is 0.411 e. The highest BCUT2D eigenvalue weighted by atomic mass is 16.6. The second-order valence-electron chi connectivity index (χ2n) is 21.6. The summed E-state index contributed by atoms with van der Waals surface area (Å²) in [5.74, 6) is 2.50. The molecule has 0 saturated heterocycles. The molecule has 0 unspecified atom stereocenters. The molecule has 2 aliphatic rings. The lowest BCUT2D eigenvalue weighted by atomic mass is 9.92. The number of benzene rings is 4. The van der Waals surface area contributed by atoms with Gasteiger partial charge in [0.05, 0.1) is 0 Å². The molecule has 14 nitrogen and oxygen atoms in total. The molecule has 0 saturated carbocycles. The minimum absolute atomic E-state index is 0.203. The van der Waals surface area contributed by atoms with Gasteiger partial charge in [0.15, 0.2) is 0 Å². The maximum atomic E-state index is 13.5. The van der Waals surface area contributed by atoms with Crippen LogP contribution in [0.3, 0.4) is 0 Å². The monoisotopic (exact) mass is 991 g/mol. The van der Waals surface area contributed by atoms with Crippen LogP contribution in [-0.2, 0) is 31.9 Å². The van der Waals surface area contributed by atoms with Crippen LogP contribution in [0.4, 0.5) is 9.59 Å². The molecule has 72 heavy (non-hydrogen) atoms. The van der Waals surface area contributed by atoms with E-state index in [2.05, 4.69) is 75.8 Å². The number of amides is 4. The van der Waals surface area contributed by atoms with Gasteiger partial charge < -0.3 is 29.6 Å². The Balaban J connectivity index is 0.000000267. The Labute approximate surface area is 429 Å². The van der Waals surface area contributed by atoms with E-state index in [0.29, 0.717) is 74.7 Å². The van der Waals surface area contributed by atoms with Gasteiger partial charge in [0, 0.05) is 63.4 Å².